The molecule has 3 saturated heterocycles. The van der Waals surface area contributed by atoms with Crippen LogP contribution in [0.25, 0.3) is 0 Å². The van der Waals surface area contributed by atoms with Crippen LogP contribution < -0.4 is 5.32 Å². The van der Waals surface area contributed by atoms with E-state index in [2.05, 4.69) is 55.6 Å². The highest BCUT2D eigenvalue weighted by Gasteiger charge is 2.53. The number of allylic oxidation sites excluding steroid dienone is 7. The van der Waals surface area contributed by atoms with Crippen molar-refractivity contribution in [2.45, 2.75) is 291 Å². The average Bonchev–Trinajstić information content (AvgIpc) is 3.47. The van der Waals surface area contributed by atoms with Gasteiger partial charge in [0.15, 0.2) is 18.9 Å². The Labute approximate surface area is 465 Å². The predicted octanol–water partition coefficient (Wildman–Crippen LogP) is 5.09. The topological polar surface area (TPSA) is 307 Å². The minimum Gasteiger partial charge on any atom is -0.394 e. The molecule has 454 valence electrons. The van der Waals surface area contributed by atoms with Gasteiger partial charge in [-0.2, -0.15) is 0 Å². The number of carbonyl (C=O) groups excluding carboxylic acids is 1. The summed E-state index contributed by atoms with van der Waals surface area (Å²) in [5, 5.41) is 120. The van der Waals surface area contributed by atoms with E-state index in [0.29, 0.717) is 12.8 Å². The monoisotopic (exact) mass is 1120 g/mol. The first-order valence-electron chi connectivity index (χ1n) is 29.9. The molecule has 3 fully saturated rings. The van der Waals surface area contributed by atoms with Gasteiger partial charge >= 0.3 is 0 Å². The first-order valence-corrected chi connectivity index (χ1v) is 29.9. The standard InChI is InChI=1S/C59H105NO18/c1-3-5-7-9-11-13-15-17-19-21-22-24-26-28-30-32-34-36-43(64)42(60-47(65)37-35-33-31-29-27-25-23-20-18-16-14-12-10-8-6-4-2)41-73-57-53(71)50(68)55(45(39-62)75-57)78-59-54(72)51(69)56(46(40-63)76-59)77-58-52(70)49(67)48(66)44(38-61)74-58/h19-21,23,26,28,34,36,42-46,48-59,61-64,66-72H,3-18,22,24-25,27,29-33,35,37-41H2,1-2H3,(H,60,65)/b21-19+,23-20-,28-26+,36-34+. The van der Waals surface area contributed by atoms with E-state index >= 15 is 0 Å². The zero-order chi connectivity index (χ0) is 56.9. The van der Waals surface area contributed by atoms with E-state index in [4.69, 9.17) is 28.4 Å². The fraction of sp³-hybridized carbons (Fsp3) is 0.847. The molecule has 0 aromatic heterocycles. The van der Waals surface area contributed by atoms with Crippen molar-refractivity contribution >= 4 is 5.91 Å². The molecule has 3 heterocycles. The van der Waals surface area contributed by atoms with E-state index in [1.54, 1.807) is 6.08 Å². The van der Waals surface area contributed by atoms with Crippen LogP contribution in [0.5, 0.6) is 0 Å². The smallest absolute Gasteiger partial charge is 0.220 e. The summed E-state index contributed by atoms with van der Waals surface area (Å²) < 4.78 is 34.2. The third kappa shape index (κ3) is 26.3. The Morgan fingerprint density at radius 1 is 0.449 bits per heavy atom. The summed E-state index contributed by atoms with van der Waals surface area (Å²) in [6.45, 7) is 1.66. The fourth-order valence-corrected chi connectivity index (χ4v) is 9.86. The molecule has 0 aromatic rings. The van der Waals surface area contributed by atoms with Gasteiger partial charge in [0, 0.05) is 6.42 Å². The molecule has 78 heavy (non-hydrogen) atoms. The van der Waals surface area contributed by atoms with Crippen LogP contribution in [0.3, 0.4) is 0 Å². The molecule has 0 radical (unpaired) electrons. The van der Waals surface area contributed by atoms with Gasteiger partial charge in [-0.1, -0.05) is 159 Å². The van der Waals surface area contributed by atoms with E-state index in [0.717, 1.165) is 64.2 Å². The molecular weight excluding hydrogens is 1010 g/mol. The number of unbranched alkanes of at least 4 members (excludes halogenated alkanes) is 21. The van der Waals surface area contributed by atoms with Crippen molar-refractivity contribution in [2.75, 3.05) is 26.4 Å². The zero-order valence-corrected chi connectivity index (χ0v) is 47.1. The number of amides is 1. The highest BCUT2D eigenvalue weighted by Crippen LogP contribution is 2.33. The molecule has 1 amide bonds. The van der Waals surface area contributed by atoms with E-state index < -0.39 is 124 Å². The molecule has 0 bridgehead atoms. The first kappa shape index (κ1) is 70.0. The maximum absolute atomic E-state index is 13.3. The van der Waals surface area contributed by atoms with Crippen LogP contribution in [0.4, 0.5) is 0 Å². The van der Waals surface area contributed by atoms with E-state index in [1.165, 1.54) is 89.9 Å². The highest BCUT2D eigenvalue weighted by molar-refractivity contribution is 5.76. The summed E-state index contributed by atoms with van der Waals surface area (Å²) in [7, 11) is 0. The summed E-state index contributed by atoms with van der Waals surface area (Å²) >= 11 is 0. The molecule has 0 saturated carbocycles. The van der Waals surface area contributed by atoms with Crippen LogP contribution in [0.15, 0.2) is 48.6 Å². The Morgan fingerprint density at radius 3 is 1.28 bits per heavy atom. The highest BCUT2D eigenvalue weighted by atomic mass is 16.8. The lowest BCUT2D eigenvalue weighted by atomic mass is 9.96. The molecule has 0 aromatic carbocycles. The third-order valence-corrected chi connectivity index (χ3v) is 14.8. The van der Waals surface area contributed by atoms with E-state index in [-0.39, 0.29) is 18.9 Å². The minimum absolute atomic E-state index is 0.221. The number of hydrogen-bond acceptors (Lipinski definition) is 18. The molecular formula is C59H105NO18. The van der Waals surface area contributed by atoms with Crippen molar-refractivity contribution in [1.82, 2.24) is 5.32 Å². The number of nitrogens with one attached hydrogen (secondary N) is 1. The Kier molecular flexibility index (Phi) is 38.2. The summed E-state index contributed by atoms with van der Waals surface area (Å²) in [5.74, 6) is -0.300. The van der Waals surface area contributed by atoms with Gasteiger partial charge in [-0.3, -0.25) is 4.79 Å². The molecule has 17 atom stereocenters. The van der Waals surface area contributed by atoms with Gasteiger partial charge in [-0.25, -0.2) is 0 Å². The van der Waals surface area contributed by atoms with E-state index in [1.807, 2.05) is 6.08 Å². The molecule has 12 N–H and O–H groups in total. The van der Waals surface area contributed by atoms with Crippen molar-refractivity contribution in [2.24, 2.45) is 0 Å². The van der Waals surface area contributed by atoms with Gasteiger partial charge < -0.3 is 89.9 Å². The number of hydrogen-bond donors (Lipinski definition) is 12. The molecule has 19 heteroatoms. The average molecular weight is 1120 g/mol. The van der Waals surface area contributed by atoms with Crippen LogP contribution in [-0.4, -0.2) is 193 Å². The largest absolute Gasteiger partial charge is 0.394 e. The third-order valence-electron chi connectivity index (χ3n) is 14.8. The van der Waals surface area contributed by atoms with Gasteiger partial charge in [0.2, 0.25) is 5.91 Å². The molecule has 19 nitrogen and oxygen atoms in total. The zero-order valence-electron chi connectivity index (χ0n) is 47.1. The normalized spacial score (nSPS) is 30.8. The summed E-state index contributed by atoms with van der Waals surface area (Å²) in [5.41, 5.74) is 0. The molecule has 3 rings (SSSR count). The van der Waals surface area contributed by atoms with Crippen LogP contribution in [-0.2, 0) is 33.2 Å². The lowest BCUT2D eigenvalue weighted by Crippen LogP contribution is -2.66. The number of carbonyl (C=O) groups is 1. The van der Waals surface area contributed by atoms with Gasteiger partial charge in [0.25, 0.3) is 0 Å². The molecule has 3 aliphatic heterocycles. The van der Waals surface area contributed by atoms with Crippen LogP contribution in [0.1, 0.15) is 187 Å². The Bertz CT molecular complexity index is 1620. The SMILES string of the molecule is CCCCCCCCC/C=C\CCCCCCCC(=O)NC(COC1OC(CO)C(OC2OC(CO)C(OC3OC(CO)C(O)C(O)C3O)C(O)C2O)C(O)C1O)C(O)/C=C/CC/C=C/CC/C=C/CCCCCCCCC. The summed E-state index contributed by atoms with van der Waals surface area (Å²) in [6.07, 6.45) is 19.5. The van der Waals surface area contributed by atoms with E-state index in [9.17, 15) is 61.0 Å². The van der Waals surface area contributed by atoms with Crippen LogP contribution in [0, 0.1) is 0 Å². The second kappa shape index (κ2) is 42.6. The van der Waals surface area contributed by atoms with Gasteiger partial charge in [0.1, 0.15) is 73.2 Å². The van der Waals surface area contributed by atoms with Crippen molar-refractivity contribution in [1.29, 1.82) is 0 Å². The van der Waals surface area contributed by atoms with Crippen LogP contribution >= 0.6 is 0 Å². The van der Waals surface area contributed by atoms with Crippen molar-refractivity contribution in [3.05, 3.63) is 48.6 Å². The second-order valence-electron chi connectivity index (χ2n) is 21.4. The van der Waals surface area contributed by atoms with Crippen molar-refractivity contribution in [3.8, 4) is 0 Å². The predicted molar refractivity (Wildman–Crippen MR) is 295 cm³/mol. The van der Waals surface area contributed by atoms with Gasteiger partial charge in [-0.05, 0) is 70.6 Å². The first-order chi connectivity index (χ1) is 37.8. The second-order valence-corrected chi connectivity index (χ2v) is 21.4. The van der Waals surface area contributed by atoms with Crippen molar-refractivity contribution < 1.29 is 89.4 Å². The molecule has 0 aliphatic carbocycles. The quantitative estimate of drug-likeness (QED) is 0.0279. The summed E-state index contributed by atoms with van der Waals surface area (Å²) in [6, 6.07) is -1.000. The number of aliphatic hydroxyl groups is 11. The number of rotatable bonds is 43. The minimum atomic E-state index is -1.98. The Balaban J connectivity index is 1.54. The maximum atomic E-state index is 13.3. The van der Waals surface area contributed by atoms with Crippen molar-refractivity contribution in [3.63, 3.8) is 0 Å². The van der Waals surface area contributed by atoms with Gasteiger partial charge in [-0.15, -0.1) is 0 Å². The number of ether oxygens (including phenoxy) is 6. The Hall–Kier alpha value is -2.25. The molecule has 17 unspecified atom stereocenters. The van der Waals surface area contributed by atoms with Gasteiger partial charge in [0.05, 0.1) is 38.6 Å². The molecule has 0 spiro atoms. The van der Waals surface area contributed by atoms with Crippen LogP contribution in [0.2, 0.25) is 0 Å². The number of aliphatic hydroxyl groups excluding tert-OH is 11. The molecule has 3 aliphatic rings. The lowest BCUT2D eigenvalue weighted by Gasteiger charge is -2.48. The fourth-order valence-electron chi connectivity index (χ4n) is 9.86. The lowest BCUT2D eigenvalue weighted by molar-refractivity contribution is -0.379. The Morgan fingerprint density at radius 2 is 0.821 bits per heavy atom. The maximum Gasteiger partial charge on any atom is 0.220 e. The summed E-state index contributed by atoms with van der Waals surface area (Å²) in [4.78, 5) is 13.3.